The topological polar surface area (TPSA) is 77.8 Å². The summed E-state index contributed by atoms with van der Waals surface area (Å²) in [4.78, 5) is 11.9. The predicted octanol–water partition coefficient (Wildman–Crippen LogP) is 3.22. The summed E-state index contributed by atoms with van der Waals surface area (Å²) in [5.41, 5.74) is 1.23. The average molecular weight is 310 g/mol. The van der Waals surface area contributed by atoms with Crippen LogP contribution in [0, 0.1) is 5.21 Å². The molecule has 1 aromatic heterocycles. The molecule has 1 heterocycles. The van der Waals surface area contributed by atoms with Crippen molar-refractivity contribution in [3.8, 4) is 11.1 Å². The van der Waals surface area contributed by atoms with E-state index in [9.17, 15) is 15.2 Å². The Morgan fingerprint density at radius 1 is 1.43 bits per heavy atom. The van der Waals surface area contributed by atoms with Gasteiger partial charge in [0, 0.05) is 17.6 Å². The highest BCUT2D eigenvalue weighted by atomic mass is 35.5. The van der Waals surface area contributed by atoms with Crippen LogP contribution >= 0.6 is 11.6 Å². The molecule has 0 fully saturated rings. The van der Waals surface area contributed by atoms with Crippen molar-refractivity contribution in [2.24, 2.45) is 7.05 Å². The molecule has 0 spiro atoms. The Hall–Kier alpha value is -2.02. The molecule has 1 aromatic carbocycles. The molecule has 112 valence electrons. The number of esters is 1. The monoisotopic (exact) mass is 309 g/mol. The third-order valence-corrected chi connectivity index (χ3v) is 3.27. The summed E-state index contributed by atoms with van der Waals surface area (Å²) >= 11 is 5.83. The minimum Gasteiger partial charge on any atom is -0.732 e. The number of benzene rings is 1. The van der Waals surface area contributed by atoms with Gasteiger partial charge in [0.25, 0.3) is 0 Å². The number of aromatic nitrogens is 1. The zero-order valence-corrected chi connectivity index (χ0v) is 12.3. The molecule has 0 aliphatic carbocycles. The summed E-state index contributed by atoms with van der Waals surface area (Å²) in [6, 6.07) is 8.20. The first-order chi connectivity index (χ1) is 9.95. The summed E-state index contributed by atoms with van der Waals surface area (Å²) in [6.45, 7) is 1.91. The van der Waals surface area contributed by atoms with E-state index in [0.717, 1.165) is 0 Å². The van der Waals surface area contributed by atoms with Crippen LogP contribution < -0.4 is 5.23 Å². The van der Waals surface area contributed by atoms with Crippen molar-refractivity contribution in [3.05, 3.63) is 46.3 Å². The number of hydrogen-bond donors (Lipinski definition) is 1. The number of rotatable bonds is 4. The van der Waals surface area contributed by atoms with Gasteiger partial charge in [-0.15, -0.1) is 0 Å². The van der Waals surface area contributed by atoms with Crippen molar-refractivity contribution < 1.29 is 14.7 Å². The molecule has 0 saturated carbocycles. The van der Waals surface area contributed by atoms with Crippen LogP contribution in [0.2, 0.25) is 5.02 Å². The van der Waals surface area contributed by atoms with E-state index in [-0.39, 0.29) is 23.3 Å². The smallest absolute Gasteiger partial charge is 0.355 e. The Balaban J connectivity index is 2.57. The maximum atomic E-state index is 11.9. The summed E-state index contributed by atoms with van der Waals surface area (Å²) in [7, 11) is 1.50. The van der Waals surface area contributed by atoms with Crippen molar-refractivity contribution in [2.45, 2.75) is 6.92 Å². The number of halogens is 1. The fraction of sp³-hybridized carbons (Fsp3) is 0.214. The van der Waals surface area contributed by atoms with E-state index in [1.807, 2.05) is 0 Å². The summed E-state index contributed by atoms with van der Waals surface area (Å²) in [5, 5.41) is 21.0. The highest BCUT2D eigenvalue weighted by Crippen LogP contribution is 2.33. The van der Waals surface area contributed by atoms with E-state index in [4.69, 9.17) is 16.3 Å². The molecule has 0 atom stereocenters. The summed E-state index contributed by atoms with van der Waals surface area (Å²) in [5.74, 6) is -0.622. The number of carbonyl (C=O) groups is 1. The molecule has 0 unspecified atom stereocenters. The second kappa shape index (κ2) is 6.17. The lowest BCUT2D eigenvalue weighted by Gasteiger charge is -2.24. The van der Waals surface area contributed by atoms with Crippen molar-refractivity contribution >= 4 is 23.4 Å². The van der Waals surface area contributed by atoms with Crippen LogP contribution in [0.3, 0.4) is 0 Å². The van der Waals surface area contributed by atoms with E-state index in [0.29, 0.717) is 16.1 Å². The zero-order valence-electron chi connectivity index (χ0n) is 11.5. The lowest BCUT2D eigenvalue weighted by Crippen LogP contribution is -2.15. The number of carbonyl (C=O) groups excluding carboxylic acids is 1. The minimum atomic E-state index is -0.566. The van der Waals surface area contributed by atoms with Gasteiger partial charge < -0.3 is 19.7 Å². The molecule has 6 nitrogen and oxygen atoms in total. The molecule has 0 saturated heterocycles. The van der Waals surface area contributed by atoms with Gasteiger partial charge in [0.1, 0.15) is 11.5 Å². The van der Waals surface area contributed by atoms with Crippen LogP contribution in [0.15, 0.2) is 30.3 Å². The quantitative estimate of drug-likeness (QED) is 0.693. The number of ether oxygens (including phenoxy) is 1. The number of anilines is 1. The molecule has 0 aliphatic rings. The Morgan fingerprint density at radius 2 is 2.05 bits per heavy atom. The molecular weight excluding hydrogens is 296 g/mol. The molecule has 2 aromatic rings. The average Bonchev–Trinajstić information content (AvgIpc) is 2.77. The molecule has 0 radical (unpaired) electrons. The third kappa shape index (κ3) is 3.02. The van der Waals surface area contributed by atoms with Crippen molar-refractivity contribution in [1.82, 2.24) is 4.57 Å². The van der Waals surface area contributed by atoms with Crippen LogP contribution in [0.5, 0.6) is 0 Å². The van der Waals surface area contributed by atoms with Crippen molar-refractivity contribution in [3.63, 3.8) is 0 Å². The number of hydrogen-bond acceptors (Lipinski definition) is 5. The first-order valence-corrected chi connectivity index (χ1v) is 6.62. The first-order valence-electron chi connectivity index (χ1n) is 6.24. The van der Waals surface area contributed by atoms with Gasteiger partial charge in [0.05, 0.1) is 6.61 Å². The first kappa shape index (κ1) is 15.4. The van der Waals surface area contributed by atoms with Crippen molar-refractivity contribution in [2.75, 3.05) is 11.8 Å². The largest absolute Gasteiger partial charge is 0.732 e. The van der Waals surface area contributed by atoms with E-state index >= 15 is 0 Å². The fourth-order valence-corrected chi connectivity index (χ4v) is 2.19. The Labute approximate surface area is 126 Å². The minimum absolute atomic E-state index is 0.0552. The second-order valence-electron chi connectivity index (χ2n) is 4.33. The van der Waals surface area contributed by atoms with Crippen LogP contribution in [0.25, 0.3) is 11.1 Å². The maximum Gasteiger partial charge on any atom is 0.355 e. The van der Waals surface area contributed by atoms with Gasteiger partial charge in [-0.2, -0.15) is 0 Å². The van der Waals surface area contributed by atoms with Gasteiger partial charge >= 0.3 is 5.97 Å². The lowest BCUT2D eigenvalue weighted by atomic mass is 10.1. The standard InChI is InChI=1S/C14H14ClN2O4/c1-3-21-14(18)12-8-11(13(16(12)2)17(19)20)9-4-6-10(15)7-5-9/h4-8,19H,3H2,1-2H3/q-1. The van der Waals surface area contributed by atoms with Crippen LogP contribution in [-0.2, 0) is 11.8 Å². The molecule has 21 heavy (non-hydrogen) atoms. The van der Waals surface area contributed by atoms with E-state index in [2.05, 4.69) is 0 Å². The summed E-state index contributed by atoms with van der Waals surface area (Å²) < 4.78 is 6.22. The highest BCUT2D eigenvalue weighted by Gasteiger charge is 2.20. The third-order valence-electron chi connectivity index (χ3n) is 3.02. The number of nitrogens with zero attached hydrogens (tertiary/aromatic N) is 2. The molecule has 1 N–H and O–H groups in total. The van der Waals surface area contributed by atoms with Crippen LogP contribution in [0.4, 0.5) is 5.82 Å². The zero-order chi connectivity index (χ0) is 15.6. The Bertz CT molecular complexity index is 650. The molecule has 0 bridgehead atoms. The van der Waals surface area contributed by atoms with Crippen LogP contribution in [-0.4, -0.2) is 22.4 Å². The molecule has 0 amide bonds. The van der Waals surface area contributed by atoms with Gasteiger partial charge in [-0.05, 0) is 30.7 Å². The van der Waals surface area contributed by atoms with Crippen molar-refractivity contribution in [1.29, 1.82) is 0 Å². The van der Waals surface area contributed by atoms with Gasteiger partial charge in [-0.25, -0.2) is 4.79 Å². The van der Waals surface area contributed by atoms with Gasteiger partial charge in [0.2, 0.25) is 0 Å². The highest BCUT2D eigenvalue weighted by molar-refractivity contribution is 6.30. The molecule has 2 rings (SSSR count). The molecule has 0 aliphatic heterocycles. The van der Waals surface area contributed by atoms with Gasteiger partial charge in [0.15, 0.2) is 0 Å². The van der Waals surface area contributed by atoms with Crippen LogP contribution in [0.1, 0.15) is 17.4 Å². The molecular formula is C14H14ClN2O4-. The normalized spacial score (nSPS) is 10.5. The fourth-order valence-electron chi connectivity index (χ4n) is 2.07. The molecule has 7 heteroatoms. The van der Waals surface area contributed by atoms with Gasteiger partial charge in [-0.3, -0.25) is 5.21 Å². The maximum absolute atomic E-state index is 11.9. The Morgan fingerprint density at radius 3 is 2.57 bits per heavy atom. The second-order valence-corrected chi connectivity index (χ2v) is 4.76. The van der Waals surface area contributed by atoms with E-state index < -0.39 is 5.97 Å². The Kier molecular flexibility index (Phi) is 4.52. The summed E-state index contributed by atoms with van der Waals surface area (Å²) in [6.07, 6.45) is 0. The van der Waals surface area contributed by atoms with E-state index in [1.165, 1.54) is 17.7 Å². The van der Waals surface area contributed by atoms with E-state index in [1.54, 1.807) is 31.2 Å². The lowest BCUT2D eigenvalue weighted by molar-refractivity contribution is 0.0515. The predicted molar refractivity (Wildman–Crippen MR) is 79.4 cm³/mol. The SMILES string of the molecule is CCOC(=O)c1cc(-c2ccc(Cl)cc2)c(N([O-])O)n1C. The van der Waals surface area contributed by atoms with Gasteiger partial charge in [-0.1, -0.05) is 23.7 Å².